The van der Waals surface area contributed by atoms with Gasteiger partial charge in [-0.3, -0.25) is 9.59 Å². The average molecular weight is 394 g/mol. The van der Waals surface area contributed by atoms with Gasteiger partial charge in [0.05, 0.1) is 19.4 Å². The first-order valence-corrected chi connectivity index (χ1v) is 8.33. The first kappa shape index (κ1) is 24.5. The molecule has 0 aromatic carbocycles. The SMILES string of the molecule is CCCCC(CC)COC(=O)CCC(=O)OCC(F)(F)C(F)C(F)(F)F. The van der Waals surface area contributed by atoms with Crippen LogP contribution in [0.5, 0.6) is 0 Å². The third kappa shape index (κ3) is 9.86. The van der Waals surface area contributed by atoms with Gasteiger partial charge in [-0.1, -0.05) is 33.1 Å². The summed E-state index contributed by atoms with van der Waals surface area (Å²) in [5.74, 6) is -6.81. The fourth-order valence-corrected chi connectivity index (χ4v) is 1.95. The molecule has 0 aliphatic carbocycles. The molecule has 0 aromatic rings. The van der Waals surface area contributed by atoms with Gasteiger partial charge in [-0.25, -0.2) is 4.39 Å². The van der Waals surface area contributed by atoms with Gasteiger partial charge >= 0.3 is 24.0 Å². The van der Waals surface area contributed by atoms with E-state index >= 15 is 0 Å². The van der Waals surface area contributed by atoms with Crippen LogP contribution in [-0.2, 0) is 19.1 Å². The Bertz CT molecular complexity index is 439. The predicted octanol–water partition coefficient (Wildman–Crippen LogP) is 4.61. The van der Waals surface area contributed by atoms with Crippen molar-refractivity contribution >= 4 is 11.9 Å². The molecule has 0 N–H and O–H groups in total. The topological polar surface area (TPSA) is 52.6 Å². The van der Waals surface area contributed by atoms with Crippen LogP contribution in [0.1, 0.15) is 52.4 Å². The molecule has 0 heterocycles. The standard InChI is InChI=1S/C16H24F6O4/c1-3-5-6-11(4-2)9-25-12(23)7-8-13(24)26-10-15(18,19)14(17)16(20,21)22/h11,14H,3-10H2,1-2H3. The van der Waals surface area contributed by atoms with Crippen molar-refractivity contribution in [3.05, 3.63) is 0 Å². The van der Waals surface area contributed by atoms with Crippen molar-refractivity contribution in [2.75, 3.05) is 13.2 Å². The van der Waals surface area contributed by atoms with E-state index in [9.17, 15) is 35.9 Å². The number of ether oxygens (including phenoxy) is 2. The Kier molecular flexibility index (Phi) is 10.6. The molecule has 0 aliphatic heterocycles. The normalized spacial score (nSPS) is 14.6. The zero-order valence-electron chi connectivity index (χ0n) is 14.7. The van der Waals surface area contributed by atoms with Crippen molar-refractivity contribution < 1.29 is 45.4 Å². The molecule has 154 valence electrons. The maximum absolute atomic E-state index is 13.0. The van der Waals surface area contributed by atoms with Gasteiger partial charge in [0, 0.05) is 0 Å². The lowest BCUT2D eigenvalue weighted by molar-refractivity contribution is -0.254. The summed E-state index contributed by atoms with van der Waals surface area (Å²) >= 11 is 0. The summed E-state index contributed by atoms with van der Waals surface area (Å²) in [5.41, 5.74) is 0. The molecule has 0 saturated carbocycles. The highest BCUT2D eigenvalue weighted by Crippen LogP contribution is 2.35. The van der Waals surface area contributed by atoms with E-state index in [1.54, 1.807) is 0 Å². The van der Waals surface area contributed by atoms with E-state index in [4.69, 9.17) is 4.74 Å². The van der Waals surface area contributed by atoms with Crippen LogP contribution >= 0.6 is 0 Å². The average Bonchev–Trinajstić information content (AvgIpc) is 2.56. The fraction of sp³-hybridized carbons (Fsp3) is 0.875. The summed E-state index contributed by atoms with van der Waals surface area (Å²) in [6, 6.07) is 0. The smallest absolute Gasteiger partial charge is 0.425 e. The largest absolute Gasteiger partial charge is 0.465 e. The minimum Gasteiger partial charge on any atom is -0.465 e. The van der Waals surface area contributed by atoms with Gasteiger partial charge in [-0.2, -0.15) is 22.0 Å². The molecule has 0 spiro atoms. The van der Waals surface area contributed by atoms with E-state index in [-0.39, 0.29) is 12.5 Å². The predicted molar refractivity (Wildman–Crippen MR) is 80.4 cm³/mol. The van der Waals surface area contributed by atoms with E-state index in [2.05, 4.69) is 4.74 Å². The molecule has 4 nitrogen and oxygen atoms in total. The maximum Gasteiger partial charge on any atom is 0.425 e. The molecule has 10 heteroatoms. The minimum atomic E-state index is -5.77. The third-order valence-electron chi connectivity index (χ3n) is 3.64. The van der Waals surface area contributed by atoms with E-state index < -0.39 is 49.7 Å². The molecule has 2 atom stereocenters. The van der Waals surface area contributed by atoms with Gasteiger partial charge in [-0.05, 0) is 12.3 Å². The number of rotatable bonds is 12. The van der Waals surface area contributed by atoms with Crippen LogP contribution in [0.2, 0.25) is 0 Å². The molecule has 0 aromatic heterocycles. The lowest BCUT2D eigenvalue weighted by atomic mass is 10.0. The Morgan fingerprint density at radius 3 is 1.96 bits per heavy atom. The third-order valence-corrected chi connectivity index (χ3v) is 3.64. The Balaban J connectivity index is 4.16. The van der Waals surface area contributed by atoms with Crippen molar-refractivity contribution in [3.63, 3.8) is 0 Å². The number of hydrogen-bond donors (Lipinski definition) is 0. The van der Waals surface area contributed by atoms with Crippen molar-refractivity contribution in [1.29, 1.82) is 0 Å². The quantitative estimate of drug-likeness (QED) is 0.358. The lowest BCUT2D eigenvalue weighted by Crippen LogP contribution is -2.45. The van der Waals surface area contributed by atoms with Gasteiger partial charge in [0.25, 0.3) is 6.17 Å². The van der Waals surface area contributed by atoms with Gasteiger partial charge in [0.1, 0.15) is 0 Å². The highest BCUT2D eigenvalue weighted by molar-refractivity contribution is 5.77. The van der Waals surface area contributed by atoms with Crippen LogP contribution < -0.4 is 0 Å². The van der Waals surface area contributed by atoms with E-state index in [0.717, 1.165) is 25.7 Å². The van der Waals surface area contributed by atoms with Gasteiger partial charge in [-0.15, -0.1) is 0 Å². The molecule has 26 heavy (non-hydrogen) atoms. The number of esters is 2. The van der Waals surface area contributed by atoms with E-state index in [1.807, 2.05) is 13.8 Å². The van der Waals surface area contributed by atoms with Crippen molar-refractivity contribution in [3.8, 4) is 0 Å². The number of halogens is 6. The van der Waals surface area contributed by atoms with Crippen molar-refractivity contribution in [1.82, 2.24) is 0 Å². The Morgan fingerprint density at radius 1 is 0.962 bits per heavy atom. The number of unbranched alkanes of at least 4 members (excludes halogenated alkanes) is 1. The van der Waals surface area contributed by atoms with E-state index in [0.29, 0.717) is 0 Å². The zero-order valence-corrected chi connectivity index (χ0v) is 14.7. The van der Waals surface area contributed by atoms with Crippen LogP contribution in [0.3, 0.4) is 0 Å². The zero-order chi connectivity index (χ0) is 20.4. The Hall–Kier alpha value is -1.48. The molecule has 0 fully saturated rings. The van der Waals surface area contributed by atoms with Crippen molar-refractivity contribution in [2.45, 2.75) is 70.6 Å². The molecule has 0 radical (unpaired) electrons. The summed E-state index contributed by atoms with van der Waals surface area (Å²) in [6.45, 7) is 2.06. The molecular weight excluding hydrogens is 370 g/mol. The molecular formula is C16H24F6O4. The molecule has 0 bridgehead atoms. The van der Waals surface area contributed by atoms with Gasteiger partial charge in [0.15, 0.2) is 6.61 Å². The second kappa shape index (κ2) is 11.3. The van der Waals surface area contributed by atoms with Crippen molar-refractivity contribution in [2.24, 2.45) is 5.92 Å². The molecule has 0 amide bonds. The Morgan fingerprint density at radius 2 is 1.50 bits per heavy atom. The number of carbonyl (C=O) groups is 2. The van der Waals surface area contributed by atoms with Crippen LogP contribution in [0.25, 0.3) is 0 Å². The monoisotopic (exact) mass is 394 g/mol. The first-order valence-electron chi connectivity index (χ1n) is 8.33. The van der Waals surface area contributed by atoms with Gasteiger partial charge in [0.2, 0.25) is 0 Å². The Labute approximate surface area is 148 Å². The van der Waals surface area contributed by atoms with Crippen LogP contribution in [0, 0.1) is 5.92 Å². The number of hydrogen-bond acceptors (Lipinski definition) is 4. The fourth-order valence-electron chi connectivity index (χ4n) is 1.95. The second-order valence-corrected chi connectivity index (χ2v) is 5.93. The summed E-state index contributed by atoms with van der Waals surface area (Å²) in [7, 11) is 0. The van der Waals surface area contributed by atoms with Crippen LogP contribution in [0.15, 0.2) is 0 Å². The van der Waals surface area contributed by atoms with Crippen LogP contribution in [0.4, 0.5) is 26.3 Å². The van der Waals surface area contributed by atoms with E-state index in [1.165, 1.54) is 0 Å². The number of carbonyl (C=O) groups excluding carboxylic acids is 2. The molecule has 2 unspecified atom stereocenters. The molecule has 0 aliphatic rings. The summed E-state index contributed by atoms with van der Waals surface area (Å²) in [6.07, 6.45) is -7.68. The summed E-state index contributed by atoms with van der Waals surface area (Å²) in [5, 5.41) is 0. The van der Waals surface area contributed by atoms with Crippen LogP contribution in [-0.4, -0.2) is 43.4 Å². The molecule has 0 rings (SSSR count). The second-order valence-electron chi connectivity index (χ2n) is 5.93. The maximum atomic E-state index is 13.0. The minimum absolute atomic E-state index is 0.164. The lowest BCUT2D eigenvalue weighted by Gasteiger charge is -2.22. The highest BCUT2D eigenvalue weighted by atomic mass is 19.4. The summed E-state index contributed by atoms with van der Waals surface area (Å²) in [4.78, 5) is 22.7. The highest BCUT2D eigenvalue weighted by Gasteiger charge is 2.57. The molecule has 0 saturated heterocycles. The number of alkyl halides is 6. The first-order chi connectivity index (χ1) is 11.9. The summed E-state index contributed by atoms with van der Waals surface area (Å²) < 4.78 is 83.2. The van der Waals surface area contributed by atoms with Gasteiger partial charge < -0.3 is 9.47 Å².